The number of hydrogen-bond donors (Lipinski definition) is 2. The number of nitrogens with zero attached hydrogens (tertiary/aromatic N) is 1. The average Bonchev–Trinajstić information content (AvgIpc) is 2.72. The Labute approximate surface area is 101 Å². The summed E-state index contributed by atoms with van der Waals surface area (Å²) in [5, 5.41) is 10.3. The lowest BCUT2D eigenvalue weighted by Crippen LogP contribution is -2.27. The van der Waals surface area contributed by atoms with Crippen LogP contribution in [0.2, 0.25) is 0 Å². The van der Waals surface area contributed by atoms with Gasteiger partial charge in [0, 0.05) is 34.7 Å². The summed E-state index contributed by atoms with van der Waals surface area (Å²) in [5.41, 5.74) is 1.21. The molecule has 90 valence electrons. The Balaban J connectivity index is 2.11. The van der Waals surface area contributed by atoms with E-state index in [1.165, 1.54) is 0 Å². The van der Waals surface area contributed by atoms with Crippen LogP contribution >= 0.6 is 0 Å². The van der Waals surface area contributed by atoms with Crippen LogP contribution in [-0.4, -0.2) is 38.9 Å². The van der Waals surface area contributed by atoms with Crippen LogP contribution in [0.25, 0.3) is 10.9 Å². The Bertz CT molecular complexity index is 565. The van der Waals surface area contributed by atoms with Crippen LogP contribution in [0, 0.1) is 0 Å². The van der Waals surface area contributed by atoms with Crippen LogP contribution in [0.5, 0.6) is 0 Å². The second kappa shape index (κ2) is 5.09. The average molecular weight is 251 g/mol. The molecule has 1 heterocycles. The van der Waals surface area contributed by atoms with Gasteiger partial charge in [-0.3, -0.25) is 14.1 Å². The second-order valence-electron chi connectivity index (χ2n) is 3.65. The molecule has 1 aromatic carbocycles. The minimum atomic E-state index is -0.899. The molecule has 0 aliphatic heterocycles. The Morgan fingerprint density at radius 2 is 2.24 bits per heavy atom. The number of nitrogens with one attached hydrogen (secondary N) is 2. The molecule has 1 atom stereocenters. The number of para-hydroxylation sites is 1. The normalized spacial score (nSPS) is 12.5. The van der Waals surface area contributed by atoms with Crippen LogP contribution in [0.3, 0.4) is 0 Å². The highest BCUT2D eigenvalue weighted by atomic mass is 32.2. The third-order valence-corrected chi connectivity index (χ3v) is 3.14. The van der Waals surface area contributed by atoms with Crippen molar-refractivity contribution in [3.63, 3.8) is 0 Å². The number of carbonyl (C=O) groups excluding carboxylic acids is 1. The zero-order valence-electron chi connectivity index (χ0n) is 9.40. The highest BCUT2D eigenvalue weighted by molar-refractivity contribution is 7.84. The topological polar surface area (TPSA) is 74.8 Å². The largest absolute Gasteiger partial charge is 0.350 e. The van der Waals surface area contributed by atoms with Gasteiger partial charge in [0.25, 0.3) is 5.91 Å². The van der Waals surface area contributed by atoms with Gasteiger partial charge >= 0.3 is 0 Å². The summed E-state index contributed by atoms with van der Waals surface area (Å²) in [5.74, 6) is 0.210. The van der Waals surface area contributed by atoms with Crippen molar-refractivity contribution in [2.45, 2.75) is 0 Å². The van der Waals surface area contributed by atoms with Gasteiger partial charge in [0.1, 0.15) is 0 Å². The van der Waals surface area contributed by atoms with Gasteiger partial charge in [-0.2, -0.15) is 5.10 Å². The predicted molar refractivity (Wildman–Crippen MR) is 67.4 cm³/mol. The first-order valence-electron chi connectivity index (χ1n) is 5.20. The van der Waals surface area contributed by atoms with Crippen molar-refractivity contribution in [3.8, 4) is 0 Å². The first-order valence-corrected chi connectivity index (χ1v) is 6.92. The molecule has 1 unspecified atom stereocenters. The SMILES string of the molecule is CS(=O)CCNC(=O)c1n[nH]c2ccccc12. The van der Waals surface area contributed by atoms with Crippen molar-refractivity contribution >= 4 is 27.6 Å². The second-order valence-corrected chi connectivity index (χ2v) is 5.21. The lowest BCUT2D eigenvalue weighted by molar-refractivity contribution is 0.0953. The third kappa shape index (κ3) is 2.71. The summed E-state index contributed by atoms with van der Waals surface area (Å²) >= 11 is 0. The quantitative estimate of drug-likeness (QED) is 0.838. The van der Waals surface area contributed by atoms with Crippen molar-refractivity contribution in [1.29, 1.82) is 0 Å². The number of benzene rings is 1. The van der Waals surface area contributed by atoms with E-state index >= 15 is 0 Å². The first-order chi connectivity index (χ1) is 8.18. The minimum Gasteiger partial charge on any atom is -0.350 e. The van der Waals surface area contributed by atoms with Crippen molar-refractivity contribution in [2.24, 2.45) is 0 Å². The van der Waals surface area contributed by atoms with E-state index in [9.17, 15) is 9.00 Å². The van der Waals surface area contributed by atoms with Gasteiger partial charge in [-0.1, -0.05) is 18.2 Å². The van der Waals surface area contributed by atoms with Crippen molar-refractivity contribution in [3.05, 3.63) is 30.0 Å². The van der Waals surface area contributed by atoms with E-state index in [0.717, 1.165) is 10.9 Å². The smallest absolute Gasteiger partial charge is 0.272 e. The molecule has 0 saturated heterocycles. The number of aromatic amines is 1. The summed E-state index contributed by atoms with van der Waals surface area (Å²) in [4.78, 5) is 11.8. The molecule has 2 N–H and O–H groups in total. The maximum Gasteiger partial charge on any atom is 0.272 e. The molecule has 0 spiro atoms. The summed E-state index contributed by atoms with van der Waals surface area (Å²) in [6.45, 7) is 0.392. The Hall–Kier alpha value is -1.69. The predicted octanol–water partition coefficient (Wildman–Crippen LogP) is 0.671. The molecule has 0 aliphatic rings. The number of rotatable bonds is 4. The molecular formula is C11H13N3O2S. The molecule has 1 aromatic heterocycles. The molecule has 0 aliphatic carbocycles. The zero-order chi connectivity index (χ0) is 12.3. The monoisotopic (exact) mass is 251 g/mol. The van der Waals surface area contributed by atoms with Gasteiger partial charge in [0.05, 0.1) is 5.52 Å². The van der Waals surface area contributed by atoms with Crippen LogP contribution in [0.1, 0.15) is 10.5 Å². The van der Waals surface area contributed by atoms with Crippen molar-refractivity contribution < 1.29 is 9.00 Å². The van der Waals surface area contributed by atoms with E-state index < -0.39 is 10.8 Å². The third-order valence-electron chi connectivity index (χ3n) is 2.36. The zero-order valence-corrected chi connectivity index (χ0v) is 10.2. The number of hydrogen-bond acceptors (Lipinski definition) is 3. The molecule has 2 rings (SSSR count). The summed E-state index contributed by atoms with van der Waals surface area (Å²) < 4.78 is 10.9. The number of carbonyl (C=O) groups is 1. The van der Waals surface area contributed by atoms with Gasteiger partial charge in [-0.25, -0.2) is 0 Å². The van der Waals surface area contributed by atoms with Crippen LogP contribution in [0.15, 0.2) is 24.3 Å². The molecule has 1 amide bonds. The van der Waals surface area contributed by atoms with Gasteiger partial charge in [-0.05, 0) is 6.07 Å². The lowest BCUT2D eigenvalue weighted by atomic mass is 10.2. The molecule has 5 nitrogen and oxygen atoms in total. The van der Waals surface area contributed by atoms with E-state index in [-0.39, 0.29) is 5.91 Å². The fourth-order valence-electron chi connectivity index (χ4n) is 1.53. The van der Waals surface area contributed by atoms with Crippen LogP contribution in [-0.2, 0) is 10.8 Å². The van der Waals surface area contributed by atoms with E-state index in [2.05, 4.69) is 15.5 Å². The number of amides is 1. The summed E-state index contributed by atoms with van der Waals surface area (Å²) in [7, 11) is -0.899. The van der Waals surface area contributed by atoms with E-state index in [0.29, 0.717) is 18.0 Å². The van der Waals surface area contributed by atoms with Gasteiger partial charge < -0.3 is 5.32 Å². The Kier molecular flexibility index (Phi) is 3.53. The molecular weight excluding hydrogens is 238 g/mol. The number of H-pyrrole nitrogens is 1. The molecule has 6 heteroatoms. The summed E-state index contributed by atoms with van der Waals surface area (Å²) in [6, 6.07) is 7.43. The van der Waals surface area contributed by atoms with E-state index in [4.69, 9.17) is 0 Å². The maximum absolute atomic E-state index is 11.8. The Morgan fingerprint density at radius 3 is 3.00 bits per heavy atom. The molecule has 0 saturated carbocycles. The molecule has 17 heavy (non-hydrogen) atoms. The van der Waals surface area contributed by atoms with E-state index in [1.54, 1.807) is 6.26 Å². The fourth-order valence-corrected chi connectivity index (χ4v) is 1.92. The van der Waals surface area contributed by atoms with Gasteiger partial charge in [0.2, 0.25) is 0 Å². The Morgan fingerprint density at radius 1 is 1.47 bits per heavy atom. The molecule has 2 aromatic rings. The minimum absolute atomic E-state index is 0.243. The highest BCUT2D eigenvalue weighted by Gasteiger charge is 2.12. The standard InChI is InChI=1S/C11H13N3O2S/c1-17(16)7-6-12-11(15)10-8-4-2-3-5-9(8)13-14-10/h2-5H,6-7H2,1H3,(H,12,15)(H,13,14). The molecule has 0 radical (unpaired) electrons. The maximum atomic E-state index is 11.8. The van der Waals surface area contributed by atoms with Crippen LogP contribution in [0.4, 0.5) is 0 Å². The van der Waals surface area contributed by atoms with Crippen LogP contribution < -0.4 is 5.32 Å². The number of fused-ring (bicyclic) bond motifs is 1. The number of aromatic nitrogens is 2. The molecule has 0 fully saturated rings. The first kappa shape index (κ1) is 11.8. The molecule has 0 bridgehead atoms. The van der Waals surface area contributed by atoms with Crippen molar-refractivity contribution in [2.75, 3.05) is 18.6 Å². The fraction of sp³-hybridized carbons (Fsp3) is 0.273. The van der Waals surface area contributed by atoms with E-state index in [1.807, 2.05) is 24.3 Å². The lowest BCUT2D eigenvalue weighted by Gasteiger charge is -2.01. The van der Waals surface area contributed by atoms with Crippen molar-refractivity contribution in [1.82, 2.24) is 15.5 Å². The highest BCUT2D eigenvalue weighted by Crippen LogP contribution is 2.14. The van der Waals surface area contributed by atoms with Gasteiger partial charge in [-0.15, -0.1) is 0 Å². The van der Waals surface area contributed by atoms with Gasteiger partial charge in [0.15, 0.2) is 5.69 Å². The summed E-state index contributed by atoms with van der Waals surface area (Å²) in [6.07, 6.45) is 1.61.